The highest BCUT2D eigenvalue weighted by molar-refractivity contribution is 8.15. The van der Waals surface area contributed by atoms with Gasteiger partial charge in [0.05, 0.1) is 17.4 Å². The summed E-state index contributed by atoms with van der Waals surface area (Å²) in [7, 11) is 0. The molecule has 0 aliphatic carbocycles. The predicted octanol–water partition coefficient (Wildman–Crippen LogP) is 4.22. The van der Waals surface area contributed by atoms with E-state index in [4.69, 9.17) is 5.11 Å². The molecule has 2 rings (SSSR count). The van der Waals surface area contributed by atoms with Crippen LogP contribution in [0.2, 0.25) is 0 Å². The first-order chi connectivity index (χ1) is 9.77. The molecule has 1 N–H and O–H groups in total. The summed E-state index contributed by atoms with van der Waals surface area (Å²) in [5, 5.41) is 15.6. The summed E-state index contributed by atoms with van der Waals surface area (Å²) >= 11 is 2.60. The average molecular weight is 306 g/mol. The summed E-state index contributed by atoms with van der Waals surface area (Å²) < 4.78 is 4.00. The second-order valence-corrected chi connectivity index (χ2v) is 6.07. The van der Waals surface area contributed by atoms with Crippen molar-refractivity contribution in [1.29, 1.82) is 0 Å². The summed E-state index contributed by atoms with van der Waals surface area (Å²) in [6, 6.07) is 14.3. The van der Waals surface area contributed by atoms with E-state index in [1.165, 1.54) is 34.5 Å². The summed E-state index contributed by atoms with van der Waals surface area (Å²) in [5.74, 6) is -0.699. The number of nitrogens with zero attached hydrogens (tertiary/aromatic N) is 2. The predicted molar refractivity (Wildman–Crippen MR) is 85.1 cm³/mol. The Balaban J connectivity index is 1.85. The first-order valence-electron chi connectivity index (χ1n) is 6.02. The molecule has 104 valence electrons. The maximum Gasteiger partial charge on any atom is 0.313 e. The fourth-order valence-electron chi connectivity index (χ4n) is 1.77. The van der Waals surface area contributed by atoms with Crippen LogP contribution in [0.15, 0.2) is 52.1 Å². The molecule has 4 nitrogen and oxygen atoms in total. The number of fused-ring (bicyclic) bond motifs is 1. The molecule has 0 fully saturated rings. The van der Waals surface area contributed by atoms with Crippen molar-refractivity contribution in [3.05, 3.63) is 48.0 Å². The van der Waals surface area contributed by atoms with Gasteiger partial charge in [0.1, 0.15) is 0 Å². The number of hydrogen-bond acceptors (Lipinski definition) is 5. The van der Waals surface area contributed by atoms with Gasteiger partial charge in [-0.25, -0.2) is 0 Å². The molecular formula is C14H14N2O2S2. The van der Waals surface area contributed by atoms with Crippen LogP contribution >= 0.6 is 23.7 Å². The summed E-state index contributed by atoms with van der Waals surface area (Å²) in [6.45, 7) is 0.540. The average Bonchev–Trinajstić information content (AvgIpc) is 2.46. The number of hydrogen-bond donors (Lipinski definition) is 1. The van der Waals surface area contributed by atoms with Gasteiger partial charge in [0, 0.05) is 11.9 Å². The van der Waals surface area contributed by atoms with Crippen LogP contribution < -0.4 is 0 Å². The largest absolute Gasteiger partial charge is 0.481 e. The summed E-state index contributed by atoms with van der Waals surface area (Å²) in [5.41, 5.74) is 1.14. The van der Waals surface area contributed by atoms with Gasteiger partial charge in [-0.3, -0.25) is 4.79 Å². The van der Waals surface area contributed by atoms with E-state index in [1.54, 1.807) is 0 Å². The van der Waals surface area contributed by atoms with Gasteiger partial charge in [-0.15, -0.1) is 16.3 Å². The number of aliphatic carboxylic acids is 1. The Morgan fingerprint density at radius 2 is 1.95 bits per heavy atom. The van der Waals surface area contributed by atoms with Gasteiger partial charge in [0.2, 0.25) is 0 Å². The second-order valence-electron chi connectivity index (χ2n) is 4.01. The highest BCUT2D eigenvalue weighted by Gasteiger charge is 1.99. The van der Waals surface area contributed by atoms with E-state index >= 15 is 0 Å². The van der Waals surface area contributed by atoms with Crippen LogP contribution in [0, 0.1) is 0 Å². The number of thioether (sulfide) groups is 1. The molecule has 0 aliphatic rings. The molecule has 0 spiro atoms. The normalized spacial score (nSPS) is 11.2. The lowest BCUT2D eigenvalue weighted by molar-refractivity contribution is -0.133. The van der Waals surface area contributed by atoms with E-state index in [1.807, 2.05) is 24.3 Å². The third-order valence-electron chi connectivity index (χ3n) is 2.60. The quantitative estimate of drug-likeness (QED) is 0.360. The second kappa shape index (κ2) is 7.91. The third-order valence-corrected chi connectivity index (χ3v) is 4.37. The van der Waals surface area contributed by atoms with Crippen molar-refractivity contribution >= 4 is 40.5 Å². The van der Waals surface area contributed by atoms with E-state index in [-0.39, 0.29) is 5.75 Å². The van der Waals surface area contributed by atoms with Crippen molar-refractivity contribution < 1.29 is 9.90 Å². The van der Waals surface area contributed by atoms with Crippen molar-refractivity contribution in [1.82, 2.24) is 0 Å². The topological polar surface area (TPSA) is 62.0 Å². The molecule has 0 atom stereocenters. The molecule has 0 saturated carbocycles. The van der Waals surface area contributed by atoms with E-state index in [0.717, 1.165) is 5.56 Å². The standard InChI is InChI=1S/C14H14N2O2S2/c17-14(18)9-19-10-20-16-15-8-12-6-3-5-11-4-1-2-7-13(11)12/h1-7H,8-10H2,(H,17,18). The molecule has 2 aromatic rings. The molecule has 2 aromatic carbocycles. The monoisotopic (exact) mass is 306 g/mol. The van der Waals surface area contributed by atoms with Gasteiger partial charge in [-0.05, 0) is 16.3 Å². The SMILES string of the molecule is O=C(O)CSCSN=NCc1cccc2ccccc12. The molecule has 0 saturated heterocycles. The van der Waals surface area contributed by atoms with E-state index in [9.17, 15) is 4.79 Å². The zero-order chi connectivity index (χ0) is 14.2. The molecule has 0 aromatic heterocycles. The zero-order valence-corrected chi connectivity index (χ0v) is 12.4. The van der Waals surface area contributed by atoms with Crippen molar-refractivity contribution in [3.63, 3.8) is 0 Å². The van der Waals surface area contributed by atoms with Crippen molar-refractivity contribution in [2.24, 2.45) is 9.63 Å². The van der Waals surface area contributed by atoms with Crippen LogP contribution in [0.4, 0.5) is 0 Å². The minimum Gasteiger partial charge on any atom is -0.481 e. The van der Waals surface area contributed by atoms with Gasteiger partial charge in [-0.1, -0.05) is 42.5 Å². The van der Waals surface area contributed by atoms with E-state index in [2.05, 4.69) is 27.8 Å². The van der Waals surface area contributed by atoms with Gasteiger partial charge in [-0.2, -0.15) is 5.11 Å². The number of carboxylic acids is 1. The fourth-order valence-corrected chi connectivity index (χ4v) is 2.90. The number of carbonyl (C=O) groups is 1. The molecule has 6 heteroatoms. The lowest BCUT2D eigenvalue weighted by atomic mass is 10.1. The Kier molecular flexibility index (Phi) is 5.88. The number of carboxylic acid groups (broad SMARTS) is 1. The van der Waals surface area contributed by atoms with Crippen molar-refractivity contribution in [2.45, 2.75) is 6.54 Å². The van der Waals surface area contributed by atoms with Gasteiger partial charge in [0.25, 0.3) is 0 Å². The van der Waals surface area contributed by atoms with Gasteiger partial charge >= 0.3 is 5.97 Å². The van der Waals surface area contributed by atoms with Crippen LogP contribution in [0.1, 0.15) is 5.56 Å². The summed E-state index contributed by atoms with van der Waals surface area (Å²) in [4.78, 5) is 10.3. The van der Waals surface area contributed by atoms with Crippen molar-refractivity contribution in [2.75, 3.05) is 10.8 Å². The van der Waals surface area contributed by atoms with Crippen LogP contribution in [0.3, 0.4) is 0 Å². The Labute approximate surface area is 125 Å². The molecule has 0 radical (unpaired) electrons. The molecule has 0 unspecified atom stereocenters. The van der Waals surface area contributed by atoms with Crippen LogP contribution in [0.5, 0.6) is 0 Å². The van der Waals surface area contributed by atoms with Crippen LogP contribution in [-0.4, -0.2) is 21.9 Å². The van der Waals surface area contributed by atoms with Crippen LogP contribution in [-0.2, 0) is 11.3 Å². The maximum atomic E-state index is 10.3. The van der Waals surface area contributed by atoms with Gasteiger partial charge in [0.15, 0.2) is 0 Å². The molecule has 20 heavy (non-hydrogen) atoms. The number of rotatable bonds is 7. The van der Waals surface area contributed by atoms with E-state index in [0.29, 0.717) is 11.6 Å². The minimum atomic E-state index is -0.803. The number of benzene rings is 2. The maximum absolute atomic E-state index is 10.3. The third kappa shape index (κ3) is 4.54. The smallest absolute Gasteiger partial charge is 0.313 e. The van der Waals surface area contributed by atoms with Crippen LogP contribution in [0.25, 0.3) is 10.8 Å². The van der Waals surface area contributed by atoms with Crippen molar-refractivity contribution in [3.8, 4) is 0 Å². The Morgan fingerprint density at radius 1 is 1.15 bits per heavy atom. The lowest BCUT2D eigenvalue weighted by Gasteiger charge is -2.02. The fraction of sp³-hybridized carbons (Fsp3) is 0.214. The molecular weight excluding hydrogens is 292 g/mol. The molecule has 0 heterocycles. The first-order valence-corrected chi connectivity index (χ1v) is 8.12. The minimum absolute atomic E-state index is 0.103. The zero-order valence-electron chi connectivity index (χ0n) is 10.7. The molecule has 0 aliphatic heterocycles. The van der Waals surface area contributed by atoms with E-state index < -0.39 is 5.97 Å². The van der Waals surface area contributed by atoms with Gasteiger partial charge < -0.3 is 5.11 Å². The highest BCUT2D eigenvalue weighted by Crippen LogP contribution is 2.20. The lowest BCUT2D eigenvalue weighted by Crippen LogP contribution is -1.97. The molecule has 0 amide bonds. The first kappa shape index (κ1) is 14.9. The Morgan fingerprint density at radius 3 is 2.80 bits per heavy atom. The Hall–Kier alpha value is -1.53. The summed E-state index contributed by atoms with van der Waals surface area (Å²) in [6.07, 6.45) is 0. The molecule has 0 bridgehead atoms. The highest BCUT2D eigenvalue weighted by atomic mass is 32.2. The Bertz CT molecular complexity index is 612.